The molecule has 0 bridgehead atoms. The van der Waals surface area contributed by atoms with E-state index in [1.807, 2.05) is 0 Å². The van der Waals surface area contributed by atoms with Gasteiger partial charge in [-0.15, -0.1) is 0 Å². The molecule has 0 radical (unpaired) electrons. The van der Waals surface area contributed by atoms with Gasteiger partial charge >= 0.3 is 11.9 Å². The monoisotopic (exact) mass is 441 g/mol. The van der Waals surface area contributed by atoms with Gasteiger partial charge in [-0.25, -0.2) is 14.0 Å². The zero-order valence-corrected chi connectivity index (χ0v) is 18.0. The average Bonchev–Trinajstić information content (AvgIpc) is 2.81. The van der Waals surface area contributed by atoms with Crippen LogP contribution in [0.15, 0.2) is 66.0 Å². The van der Waals surface area contributed by atoms with E-state index in [9.17, 15) is 19.1 Å². The van der Waals surface area contributed by atoms with Gasteiger partial charge in [-0.1, -0.05) is 18.2 Å². The minimum absolute atomic E-state index is 0.128. The summed E-state index contributed by atoms with van der Waals surface area (Å²) in [6, 6.07) is 10.8. The fourth-order valence-corrected chi connectivity index (χ4v) is 3.57. The molecule has 0 aliphatic carbocycles. The number of hydrogen-bond donors (Lipinski definition) is 1. The number of benzene rings is 2. The van der Waals surface area contributed by atoms with Gasteiger partial charge in [0.15, 0.2) is 11.5 Å². The van der Waals surface area contributed by atoms with Gasteiger partial charge in [0.2, 0.25) is 0 Å². The fraction of sp³-hybridized carbons (Fsp3) is 0.250. The summed E-state index contributed by atoms with van der Waals surface area (Å²) in [6.07, 6.45) is 3.76. The molecule has 0 atom stereocenters. The lowest BCUT2D eigenvalue weighted by Gasteiger charge is -2.30. The van der Waals surface area contributed by atoms with Crippen LogP contribution in [0.3, 0.4) is 0 Å². The normalized spacial score (nSPS) is 13.8. The van der Waals surface area contributed by atoms with Crippen LogP contribution in [-0.2, 0) is 25.5 Å². The number of carbonyl (C=O) groups excluding carboxylic acids is 2. The van der Waals surface area contributed by atoms with E-state index < -0.39 is 17.9 Å². The van der Waals surface area contributed by atoms with Crippen LogP contribution in [0, 0.1) is 5.82 Å². The SMILES string of the molecule is COC(=O)C1=CN(CCc2ccc(F)cc2)C=C(C(=O)OC)C1c1ccc(OC)c(O)c1. The molecular weight excluding hydrogens is 417 g/mol. The Labute approximate surface area is 185 Å². The number of halogens is 1. The third-order valence-corrected chi connectivity index (χ3v) is 5.18. The number of phenols is 1. The van der Waals surface area contributed by atoms with Gasteiger partial charge in [0.05, 0.1) is 38.4 Å². The molecule has 7 nitrogen and oxygen atoms in total. The summed E-state index contributed by atoms with van der Waals surface area (Å²) in [5.74, 6) is -2.24. The van der Waals surface area contributed by atoms with Gasteiger partial charge in [0.25, 0.3) is 0 Å². The first-order chi connectivity index (χ1) is 15.4. The maximum absolute atomic E-state index is 13.2. The van der Waals surface area contributed by atoms with Crippen LogP contribution in [-0.4, -0.2) is 49.8 Å². The molecule has 0 fully saturated rings. The van der Waals surface area contributed by atoms with Crippen molar-refractivity contribution in [2.75, 3.05) is 27.9 Å². The van der Waals surface area contributed by atoms with Crippen molar-refractivity contribution in [2.45, 2.75) is 12.3 Å². The second kappa shape index (κ2) is 10.00. The Morgan fingerprint density at radius 1 is 0.969 bits per heavy atom. The maximum Gasteiger partial charge on any atom is 0.336 e. The number of esters is 2. The number of ether oxygens (including phenoxy) is 3. The number of rotatable bonds is 7. The first-order valence-corrected chi connectivity index (χ1v) is 9.85. The molecule has 0 aromatic heterocycles. The molecule has 8 heteroatoms. The Hall–Kier alpha value is -3.81. The molecule has 0 spiro atoms. The van der Waals surface area contributed by atoms with Crippen LogP contribution in [0.2, 0.25) is 0 Å². The van der Waals surface area contributed by atoms with Crippen molar-refractivity contribution >= 4 is 11.9 Å². The minimum Gasteiger partial charge on any atom is -0.504 e. The molecule has 1 aliphatic rings. The zero-order chi connectivity index (χ0) is 23.3. The molecule has 1 heterocycles. The second-order valence-electron chi connectivity index (χ2n) is 7.13. The first kappa shape index (κ1) is 22.9. The summed E-state index contributed by atoms with van der Waals surface area (Å²) in [7, 11) is 3.93. The molecule has 0 saturated carbocycles. The predicted molar refractivity (Wildman–Crippen MR) is 114 cm³/mol. The number of methoxy groups -OCH3 is 3. The van der Waals surface area contributed by atoms with E-state index in [0.717, 1.165) is 5.56 Å². The highest BCUT2D eigenvalue weighted by molar-refractivity contribution is 5.98. The van der Waals surface area contributed by atoms with E-state index in [2.05, 4.69) is 0 Å². The van der Waals surface area contributed by atoms with Crippen LogP contribution < -0.4 is 4.74 Å². The second-order valence-corrected chi connectivity index (χ2v) is 7.13. The highest BCUT2D eigenvalue weighted by atomic mass is 19.1. The number of hydrogen-bond acceptors (Lipinski definition) is 7. The standard InChI is InChI=1S/C24H24FNO6/c1-30-21-9-6-16(12-20(21)27)22-18(23(28)31-2)13-26(14-19(22)24(29)32-3)11-10-15-4-7-17(25)8-5-15/h4-9,12-14,22,27H,10-11H2,1-3H3. The minimum atomic E-state index is -0.811. The zero-order valence-electron chi connectivity index (χ0n) is 18.0. The molecule has 168 valence electrons. The summed E-state index contributed by atoms with van der Waals surface area (Å²) in [5, 5.41) is 10.2. The van der Waals surface area contributed by atoms with E-state index in [4.69, 9.17) is 14.2 Å². The van der Waals surface area contributed by atoms with Gasteiger partial charge in [-0.05, 0) is 41.8 Å². The van der Waals surface area contributed by atoms with E-state index in [-0.39, 0.29) is 28.5 Å². The Balaban J connectivity index is 1.99. The molecule has 2 aromatic rings. The number of aromatic hydroxyl groups is 1. The quantitative estimate of drug-likeness (QED) is 0.660. The smallest absolute Gasteiger partial charge is 0.336 e. The largest absolute Gasteiger partial charge is 0.504 e. The van der Waals surface area contributed by atoms with Crippen molar-refractivity contribution in [3.63, 3.8) is 0 Å². The first-order valence-electron chi connectivity index (χ1n) is 9.85. The molecule has 0 unspecified atom stereocenters. The van der Waals surface area contributed by atoms with Crippen molar-refractivity contribution < 1.29 is 33.3 Å². The molecule has 1 aliphatic heterocycles. The van der Waals surface area contributed by atoms with E-state index in [1.54, 1.807) is 41.6 Å². The third kappa shape index (κ3) is 4.91. The number of nitrogens with zero attached hydrogens (tertiary/aromatic N) is 1. The maximum atomic E-state index is 13.2. The highest BCUT2D eigenvalue weighted by Gasteiger charge is 2.35. The van der Waals surface area contributed by atoms with Crippen LogP contribution in [0.5, 0.6) is 11.5 Å². The molecule has 0 saturated heterocycles. The lowest BCUT2D eigenvalue weighted by molar-refractivity contribution is -0.137. The molecule has 0 amide bonds. The van der Waals surface area contributed by atoms with Crippen LogP contribution in [0.1, 0.15) is 17.0 Å². The number of phenolic OH excluding ortho intramolecular Hbond substituents is 1. The summed E-state index contributed by atoms with van der Waals surface area (Å²) in [4.78, 5) is 27.0. The number of carbonyl (C=O) groups is 2. The van der Waals surface area contributed by atoms with Gasteiger partial charge in [0.1, 0.15) is 5.82 Å². The van der Waals surface area contributed by atoms with E-state index >= 15 is 0 Å². The Morgan fingerprint density at radius 2 is 1.56 bits per heavy atom. The summed E-state index contributed by atoms with van der Waals surface area (Å²) in [5.41, 5.74) is 1.81. The van der Waals surface area contributed by atoms with Crippen molar-refractivity contribution in [1.29, 1.82) is 0 Å². The van der Waals surface area contributed by atoms with Gasteiger partial charge in [0, 0.05) is 18.9 Å². The third-order valence-electron chi connectivity index (χ3n) is 5.18. The van der Waals surface area contributed by atoms with Crippen molar-refractivity contribution in [1.82, 2.24) is 4.90 Å². The highest BCUT2D eigenvalue weighted by Crippen LogP contribution is 2.40. The Kier molecular flexibility index (Phi) is 7.14. The van der Waals surface area contributed by atoms with Gasteiger partial charge < -0.3 is 24.2 Å². The topological polar surface area (TPSA) is 85.3 Å². The lowest BCUT2D eigenvalue weighted by atomic mass is 9.83. The van der Waals surface area contributed by atoms with Crippen molar-refractivity contribution in [3.05, 3.63) is 83.0 Å². The summed E-state index contributed by atoms with van der Waals surface area (Å²) >= 11 is 0. The Morgan fingerprint density at radius 3 is 2.06 bits per heavy atom. The molecule has 2 aromatic carbocycles. The average molecular weight is 441 g/mol. The Bertz CT molecular complexity index is 1030. The van der Waals surface area contributed by atoms with Crippen LogP contribution in [0.25, 0.3) is 0 Å². The summed E-state index contributed by atoms with van der Waals surface area (Å²) in [6.45, 7) is 0.424. The van der Waals surface area contributed by atoms with Crippen molar-refractivity contribution in [3.8, 4) is 11.5 Å². The summed E-state index contributed by atoms with van der Waals surface area (Å²) < 4.78 is 28.2. The molecule has 3 rings (SSSR count). The van der Waals surface area contributed by atoms with Crippen LogP contribution >= 0.6 is 0 Å². The van der Waals surface area contributed by atoms with Crippen molar-refractivity contribution in [2.24, 2.45) is 0 Å². The molecular formula is C24H24FNO6. The van der Waals surface area contributed by atoms with Crippen LogP contribution in [0.4, 0.5) is 4.39 Å². The predicted octanol–water partition coefficient (Wildman–Crippen LogP) is 3.30. The lowest BCUT2D eigenvalue weighted by Crippen LogP contribution is -2.29. The van der Waals surface area contributed by atoms with Gasteiger partial charge in [-0.2, -0.15) is 0 Å². The van der Waals surface area contributed by atoms with E-state index in [0.29, 0.717) is 18.5 Å². The molecule has 1 N–H and O–H groups in total. The van der Waals surface area contributed by atoms with E-state index in [1.165, 1.54) is 39.5 Å². The molecule has 32 heavy (non-hydrogen) atoms. The van der Waals surface area contributed by atoms with Gasteiger partial charge in [-0.3, -0.25) is 0 Å². The fourth-order valence-electron chi connectivity index (χ4n) is 3.57.